The Hall–Kier alpha value is -1.88. The highest BCUT2D eigenvalue weighted by molar-refractivity contribution is 7.46. The number of unbranched alkanes of at least 4 members (excludes halogenated alkanes) is 24. The van der Waals surface area contributed by atoms with E-state index in [1.54, 1.807) is 0 Å². The normalized spacial score (nSPS) is 25.9. The molecule has 2 heterocycles. The van der Waals surface area contributed by atoms with Gasteiger partial charge in [0.15, 0.2) is 12.6 Å². The van der Waals surface area contributed by atoms with E-state index >= 15 is 0 Å². The van der Waals surface area contributed by atoms with Crippen LogP contribution in [0, 0.1) is 0 Å². The van der Waals surface area contributed by atoms with E-state index in [9.17, 15) is 64.5 Å². The number of aliphatic hydroxyl groups is 7. The van der Waals surface area contributed by atoms with Crippen LogP contribution >= 0.6 is 7.82 Å². The second-order valence-corrected chi connectivity index (χ2v) is 22.4. The van der Waals surface area contributed by atoms with Gasteiger partial charge in [0.05, 0.1) is 32.2 Å². The van der Waals surface area contributed by atoms with Gasteiger partial charge in [0, 0.05) is 19.4 Å². The molecule has 442 valence electrons. The summed E-state index contributed by atoms with van der Waals surface area (Å²) < 4.78 is 40.1. The third-order valence-corrected chi connectivity index (χ3v) is 15.1. The zero-order valence-corrected chi connectivity index (χ0v) is 46.8. The van der Waals surface area contributed by atoms with Gasteiger partial charge in [-0.05, 0) is 25.7 Å². The summed E-state index contributed by atoms with van der Waals surface area (Å²) in [6.45, 7) is 4.17. The van der Waals surface area contributed by atoms with Crippen LogP contribution in [0.25, 0.3) is 0 Å². The predicted molar refractivity (Wildman–Crippen MR) is 283 cm³/mol. The summed E-state index contributed by atoms with van der Waals surface area (Å²) in [4.78, 5) is 59.7. The number of rotatable bonds is 45. The Kier molecular flexibility index (Phi) is 37.2. The maximum Gasteiger partial charge on any atom is 0.470 e. The number of amides is 2. The molecule has 21 heteroatoms. The first-order valence-electron chi connectivity index (χ1n) is 29.0. The standard InChI is InChI=1S/C54H103N2O18P/c1-4-7-10-13-16-19-22-25-28-31-40(59)36-45(61)56-54(34-35-57)51(65)48(63)43(73-53(54)66)39-70-52-47(49(64)50(42(38-58)72-52)74-75(67,68)69)55-44(60)37-41(32-29-26-23-20-17-14-11-8-5-2)71-46(62)33-30-27-24-21-18-15-12-9-6-3/h40-43,47-53,57-59,63-66H,4-39H2,1-3H3,(H,55,60)(H,56,61)(H2,67,68,69)/t40-,41-,42-,43-,47-,48-,49-,50-,51+,52-,53+,54?/m1/s1. The van der Waals surface area contributed by atoms with E-state index in [2.05, 4.69) is 31.4 Å². The number of nitrogens with one attached hydrogen (secondary N) is 2. The molecule has 0 aromatic rings. The molecule has 2 aliphatic heterocycles. The lowest BCUT2D eigenvalue weighted by Crippen LogP contribution is -2.73. The Balaban J connectivity index is 2.17. The first kappa shape index (κ1) is 69.2. The summed E-state index contributed by atoms with van der Waals surface area (Å²) in [6.07, 6.45) is 11.6. The molecule has 2 amide bonds. The van der Waals surface area contributed by atoms with Gasteiger partial charge in [-0.3, -0.25) is 18.9 Å². The maximum absolute atomic E-state index is 13.9. The van der Waals surface area contributed by atoms with Crippen LogP contribution in [-0.4, -0.2) is 156 Å². The molecule has 0 radical (unpaired) electrons. The van der Waals surface area contributed by atoms with Gasteiger partial charge < -0.3 is 75.1 Å². The van der Waals surface area contributed by atoms with Crippen molar-refractivity contribution < 1.29 is 88.0 Å². The van der Waals surface area contributed by atoms with Gasteiger partial charge in [-0.2, -0.15) is 0 Å². The van der Waals surface area contributed by atoms with Gasteiger partial charge >= 0.3 is 13.8 Å². The molecule has 0 aromatic carbocycles. The minimum absolute atomic E-state index is 0.176. The Morgan fingerprint density at radius 2 is 1.12 bits per heavy atom. The van der Waals surface area contributed by atoms with Crippen LogP contribution in [0.1, 0.15) is 233 Å². The first-order chi connectivity index (χ1) is 36.0. The van der Waals surface area contributed by atoms with Crippen molar-refractivity contribution in [1.29, 1.82) is 0 Å². The summed E-state index contributed by atoms with van der Waals surface area (Å²) in [5.74, 6) is -1.98. The van der Waals surface area contributed by atoms with E-state index in [0.29, 0.717) is 32.1 Å². The summed E-state index contributed by atoms with van der Waals surface area (Å²) in [5.41, 5.74) is -2.13. The third-order valence-electron chi connectivity index (χ3n) is 14.6. The highest BCUT2D eigenvalue weighted by atomic mass is 31.2. The zero-order valence-electron chi connectivity index (χ0n) is 46.0. The molecular weight excluding hydrogens is 996 g/mol. The Morgan fingerprint density at radius 3 is 1.61 bits per heavy atom. The number of hydrogen-bond acceptors (Lipinski definition) is 16. The minimum Gasteiger partial charge on any atom is -0.462 e. The molecule has 1 unspecified atom stereocenters. The summed E-state index contributed by atoms with van der Waals surface area (Å²) in [7, 11) is -5.33. The number of hydrogen-bond donors (Lipinski definition) is 11. The van der Waals surface area contributed by atoms with Gasteiger partial charge in [0.1, 0.15) is 54.3 Å². The fourth-order valence-electron chi connectivity index (χ4n) is 10.1. The average molecular weight is 1100 g/mol. The zero-order chi connectivity index (χ0) is 55.5. The number of ether oxygens (including phenoxy) is 4. The van der Waals surface area contributed by atoms with Crippen molar-refractivity contribution in [3.63, 3.8) is 0 Å². The number of phosphoric ester groups is 1. The third kappa shape index (κ3) is 28.2. The van der Waals surface area contributed by atoms with E-state index in [1.165, 1.54) is 70.6 Å². The van der Waals surface area contributed by atoms with Crippen molar-refractivity contribution in [2.24, 2.45) is 0 Å². The second-order valence-electron chi connectivity index (χ2n) is 21.2. The highest BCUT2D eigenvalue weighted by Crippen LogP contribution is 2.42. The number of carbonyl (C=O) groups excluding carboxylic acids is 3. The molecular formula is C54H103N2O18P. The molecule has 2 fully saturated rings. The number of phosphoric acid groups is 1. The van der Waals surface area contributed by atoms with Crippen molar-refractivity contribution in [3.05, 3.63) is 0 Å². The molecule has 20 nitrogen and oxygen atoms in total. The lowest BCUT2D eigenvalue weighted by molar-refractivity contribution is -0.311. The molecule has 2 saturated heterocycles. The fourth-order valence-corrected chi connectivity index (χ4v) is 10.7. The van der Waals surface area contributed by atoms with E-state index in [1.807, 2.05) is 0 Å². The molecule has 0 saturated carbocycles. The summed E-state index contributed by atoms with van der Waals surface area (Å²) >= 11 is 0. The molecule has 12 atom stereocenters. The van der Waals surface area contributed by atoms with E-state index in [4.69, 9.17) is 23.5 Å². The Bertz CT molecular complexity index is 1550. The number of carbonyl (C=O) groups is 3. The predicted octanol–water partition coefficient (Wildman–Crippen LogP) is 6.54. The van der Waals surface area contributed by atoms with Crippen LogP contribution in [0.5, 0.6) is 0 Å². The van der Waals surface area contributed by atoms with Gasteiger partial charge in [-0.1, -0.05) is 181 Å². The minimum atomic E-state index is -5.33. The molecule has 0 bridgehead atoms. The molecule has 0 spiro atoms. The smallest absolute Gasteiger partial charge is 0.462 e. The highest BCUT2D eigenvalue weighted by Gasteiger charge is 2.56. The lowest BCUT2D eigenvalue weighted by atomic mass is 9.80. The van der Waals surface area contributed by atoms with Crippen molar-refractivity contribution in [1.82, 2.24) is 10.6 Å². The van der Waals surface area contributed by atoms with Crippen LogP contribution in [-0.2, 0) is 42.4 Å². The van der Waals surface area contributed by atoms with Gasteiger partial charge in [0.2, 0.25) is 11.8 Å². The monoisotopic (exact) mass is 1100 g/mol. The van der Waals surface area contributed by atoms with E-state index in [-0.39, 0.29) is 19.3 Å². The fraction of sp³-hybridized carbons (Fsp3) is 0.944. The Labute approximate surface area is 448 Å². The summed E-state index contributed by atoms with van der Waals surface area (Å²) in [6, 6.07) is -1.67. The van der Waals surface area contributed by atoms with Crippen molar-refractivity contribution in [3.8, 4) is 0 Å². The largest absolute Gasteiger partial charge is 0.470 e. The van der Waals surface area contributed by atoms with Gasteiger partial charge in [-0.15, -0.1) is 0 Å². The van der Waals surface area contributed by atoms with E-state index < -0.39 is 125 Å². The van der Waals surface area contributed by atoms with Gasteiger partial charge in [-0.25, -0.2) is 4.57 Å². The van der Waals surface area contributed by atoms with Crippen LogP contribution in [0.15, 0.2) is 0 Å². The second kappa shape index (κ2) is 40.3. The maximum atomic E-state index is 13.9. The molecule has 2 rings (SSSR count). The van der Waals surface area contributed by atoms with Crippen molar-refractivity contribution >= 4 is 25.6 Å². The molecule has 2 aliphatic rings. The molecule has 75 heavy (non-hydrogen) atoms. The van der Waals surface area contributed by atoms with Crippen LogP contribution in [0.2, 0.25) is 0 Å². The molecule has 11 N–H and O–H groups in total. The number of aliphatic hydroxyl groups excluding tert-OH is 7. The van der Waals surface area contributed by atoms with E-state index in [0.717, 1.165) is 83.5 Å². The molecule has 0 aliphatic carbocycles. The van der Waals surface area contributed by atoms with Crippen LogP contribution in [0.3, 0.4) is 0 Å². The van der Waals surface area contributed by atoms with Crippen molar-refractivity contribution in [2.45, 2.75) is 306 Å². The lowest BCUT2D eigenvalue weighted by Gasteiger charge is -2.50. The first-order valence-corrected chi connectivity index (χ1v) is 30.6. The quantitative estimate of drug-likeness (QED) is 0.0175. The summed E-state index contributed by atoms with van der Waals surface area (Å²) in [5, 5.41) is 81.7. The average Bonchev–Trinajstić information content (AvgIpc) is 3.36. The number of esters is 1. The Morgan fingerprint density at radius 1 is 0.627 bits per heavy atom. The van der Waals surface area contributed by atoms with Gasteiger partial charge in [0.25, 0.3) is 0 Å². The van der Waals surface area contributed by atoms with Crippen LogP contribution < -0.4 is 10.6 Å². The van der Waals surface area contributed by atoms with Crippen molar-refractivity contribution in [2.75, 3.05) is 19.8 Å². The van der Waals surface area contributed by atoms with Crippen LogP contribution in [0.4, 0.5) is 0 Å². The SMILES string of the molecule is CCCCCCCCCCCC(=O)O[C@H](CCCCCCCCCCC)CC(=O)N[C@H]1[C@H](OC[C@H]2O[C@H](O)C(CCO)(NC(=O)C[C@H](O)CCCCCCCCCCC)[C@@H](O)[C@@H]2O)O[C@H](CO)[C@@H](OP(=O)(O)O)[C@@H]1O. The molecule has 0 aromatic heterocycles. The topological polar surface area (TPSA) is 321 Å².